The van der Waals surface area contributed by atoms with Gasteiger partial charge in [-0.25, -0.2) is 0 Å². The van der Waals surface area contributed by atoms with Crippen molar-refractivity contribution in [3.8, 4) is 0 Å². The molecule has 1 N–H and O–H groups in total. The Labute approximate surface area is 85.6 Å². The van der Waals surface area contributed by atoms with Crippen molar-refractivity contribution in [2.24, 2.45) is 0 Å². The third-order valence-electron chi connectivity index (χ3n) is 1.91. The molecule has 0 radical (unpaired) electrons. The molecule has 0 aliphatic heterocycles. The summed E-state index contributed by atoms with van der Waals surface area (Å²) < 4.78 is 0. The Hall–Kier alpha value is -1.12. The fourth-order valence-corrected chi connectivity index (χ4v) is 1.13. The van der Waals surface area contributed by atoms with Crippen LogP contribution in [0.3, 0.4) is 0 Å². The maximum absolute atomic E-state index is 10.9. The van der Waals surface area contributed by atoms with Crippen molar-refractivity contribution in [2.75, 3.05) is 6.54 Å². The van der Waals surface area contributed by atoms with Crippen LogP contribution in [0.25, 0.3) is 0 Å². The normalized spacial score (nSPS) is 10.4. The second-order valence-corrected chi connectivity index (χ2v) is 3.20. The Morgan fingerprint density at radius 1 is 1.21 bits per heavy atom. The van der Waals surface area contributed by atoms with Crippen LogP contribution in [-0.4, -0.2) is 18.7 Å². The summed E-state index contributed by atoms with van der Waals surface area (Å²) in [5.74, 6) is -0.187. The van der Waals surface area contributed by atoms with Gasteiger partial charge in [0.05, 0.1) is 0 Å². The van der Waals surface area contributed by atoms with Crippen LogP contribution in [0.1, 0.15) is 39.0 Å². The number of carbonyl (C=O) groups is 2. The van der Waals surface area contributed by atoms with Gasteiger partial charge in [0.15, 0.2) is 0 Å². The fourth-order valence-electron chi connectivity index (χ4n) is 1.13. The molecule has 0 fully saturated rings. The molecule has 0 spiro atoms. The molecule has 0 aromatic heterocycles. The molecular weight excluding hydrogens is 178 g/mol. The monoisotopic (exact) mass is 197 g/mol. The molecule has 3 heteroatoms. The van der Waals surface area contributed by atoms with Gasteiger partial charge in [-0.05, 0) is 12.5 Å². The van der Waals surface area contributed by atoms with E-state index in [1.54, 1.807) is 0 Å². The molecule has 80 valence electrons. The first-order chi connectivity index (χ1) is 6.81. The minimum atomic E-state index is -0.187. The molecule has 0 aliphatic carbocycles. The Morgan fingerprint density at radius 2 is 1.93 bits per heavy atom. The van der Waals surface area contributed by atoms with Gasteiger partial charge in [-0.3, -0.25) is 9.59 Å². The second-order valence-electron chi connectivity index (χ2n) is 3.20. The van der Waals surface area contributed by atoms with Gasteiger partial charge in [-0.2, -0.15) is 0 Å². The molecule has 0 unspecified atom stereocenters. The van der Waals surface area contributed by atoms with Gasteiger partial charge >= 0.3 is 0 Å². The first kappa shape index (κ1) is 12.9. The molecule has 0 saturated carbocycles. The average Bonchev–Trinajstić information content (AvgIpc) is 2.20. The van der Waals surface area contributed by atoms with Crippen LogP contribution in [-0.2, 0) is 9.59 Å². The number of unbranched alkanes of at least 4 members (excludes halogenated alkanes) is 4. The Kier molecular flexibility index (Phi) is 9.17. The van der Waals surface area contributed by atoms with Gasteiger partial charge in [-0.15, -0.1) is 0 Å². The van der Waals surface area contributed by atoms with Gasteiger partial charge in [0, 0.05) is 12.6 Å². The van der Waals surface area contributed by atoms with E-state index in [2.05, 4.69) is 12.2 Å². The number of carbonyl (C=O) groups excluding carboxylic acids is 2. The van der Waals surface area contributed by atoms with Crippen LogP contribution in [0, 0.1) is 0 Å². The molecule has 0 heterocycles. The number of nitrogens with one attached hydrogen (secondary N) is 1. The predicted octanol–water partition coefficient (Wildman–Crippen LogP) is 1.83. The molecule has 0 atom stereocenters. The van der Waals surface area contributed by atoms with E-state index in [1.165, 1.54) is 31.4 Å². The van der Waals surface area contributed by atoms with Crippen LogP contribution < -0.4 is 5.32 Å². The molecule has 0 bridgehead atoms. The number of hydrogen-bond donors (Lipinski definition) is 1. The van der Waals surface area contributed by atoms with E-state index in [1.807, 2.05) is 0 Å². The van der Waals surface area contributed by atoms with Gasteiger partial charge in [0.25, 0.3) is 0 Å². The van der Waals surface area contributed by atoms with Crippen LogP contribution in [0.15, 0.2) is 12.2 Å². The third kappa shape index (κ3) is 8.97. The molecule has 0 aromatic rings. The summed E-state index contributed by atoms with van der Waals surface area (Å²) in [4.78, 5) is 20.8. The summed E-state index contributed by atoms with van der Waals surface area (Å²) in [6.45, 7) is 2.87. The smallest absolute Gasteiger partial charge is 0.244 e. The largest absolute Gasteiger partial charge is 0.353 e. The van der Waals surface area contributed by atoms with E-state index < -0.39 is 0 Å². The quantitative estimate of drug-likeness (QED) is 0.366. The summed E-state index contributed by atoms with van der Waals surface area (Å²) in [5, 5.41) is 2.71. The Morgan fingerprint density at radius 3 is 2.57 bits per heavy atom. The zero-order valence-corrected chi connectivity index (χ0v) is 8.79. The number of allylic oxidation sites excluding steroid dienone is 1. The Balaban J connectivity index is 3.23. The van der Waals surface area contributed by atoms with E-state index in [4.69, 9.17) is 0 Å². The predicted molar refractivity (Wildman–Crippen MR) is 57.0 cm³/mol. The molecule has 0 aromatic carbocycles. The number of amides is 1. The number of aldehydes is 1. The maximum atomic E-state index is 10.9. The lowest BCUT2D eigenvalue weighted by Crippen LogP contribution is -2.22. The van der Waals surface area contributed by atoms with Crippen molar-refractivity contribution < 1.29 is 9.59 Å². The van der Waals surface area contributed by atoms with E-state index in [9.17, 15) is 9.59 Å². The summed E-state index contributed by atoms with van der Waals surface area (Å²) in [7, 11) is 0. The summed E-state index contributed by atoms with van der Waals surface area (Å²) >= 11 is 0. The van der Waals surface area contributed by atoms with Crippen LogP contribution >= 0.6 is 0 Å². The molecule has 1 amide bonds. The zero-order chi connectivity index (χ0) is 10.6. The SMILES string of the molecule is CCCCCCCNC(=O)/C=C\C=O. The van der Waals surface area contributed by atoms with Crippen LogP contribution in [0.4, 0.5) is 0 Å². The first-order valence-corrected chi connectivity index (χ1v) is 5.21. The number of hydrogen-bond acceptors (Lipinski definition) is 2. The second kappa shape index (κ2) is 9.96. The van der Waals surface area contributed by atoms with Gasteiger partial charge in [0.2, 0.25) is 5.91 Å². The van der Waals surface area contributed by atoms with Crippen LogP contribution in [0.5, 0.6) is 0 Å². The summed E-state index contributed by atoms with van der Waals surface area (Å²) in [6.07, 6.45) is 8.95. The van der Waals surface area contributed by atoms with E-state index in [0.29, 0.717) is 12.8 Å². The molecule has 0 aliphatic rings. The van der Waals surface area contributed by atoms with E-state index >= 15 is 0 Å². The molecular formula is C11H19NO2. The standard InChI is InChI=1S/C11H19NO2/c1-2-3-4-5-6-9-12-11(14)8-7-10-13/h7-8,10H,2-6,9H2,1H3,(H,12,14)/b8-7-. The van der Waals surface area contributed by atoms with Gasteiger partial charge in [-0.1, -0.05) is 32.6 Å². The van der Waals surface area contributed by atoms with Gasteiger partial charge < -0.3 is 5.32 Å². The van der Waals surface area contributed by atoms with Crippen molar-refractivity contribution in [2.45, 2.75) is 39.0 Å². The van der Waals surface area contributed by atoms with Crippen molar-refractivity contribution in [1.82, 2.24) is 5.32 Å². The Bertz CT molecular complexity index is 188. The van der Waals surface area contributed by atoms with E-state index in [0.717, 1.165) is 12.8 Å². The zero-order valence-electron chi connectivity index (χ0n) is 8.79. The lowest BCUT2D eigenvalue weighted by atomic mass is 10.1. The van der Waals surface area contributed by atoms with Crippen molar-refractivity contribution in [1.29, 1.82) is 0 Å². The third-order valence-corrected chi connectivity index (χ3v) is 1.91. The highest BCUT2D eigenvalue weighted by Crippen LogP contribution is 2.00. The highest BCUT2D eigenvalue weighted by molar-refractivity contribution is 5.90. The minimum absolute atomic E-state index is 0.187. The topological polar surface area (TPSA) is 46.2 Å². The van der Waals surface area contributed by atoms with Crippen molar-refractivity contribution in [3.63, 3.8) is 0 Å². The summed E-state index contributed by atoms with van der Waals surface area (Å²) in [5.41, 5.74) is 0. The highest BCUT2D eigenvalue weighted by atomic mass is 16.1. The number of rotatable bonds is 8. The molecule has 14 heavy (non-hydrogen) atoms. The first-order valence-electron chi connectivity index (χ1n) is 5.21. The average molecular weight is 197 g/mol. The van der Waals surface area contributed by atoms with Crippen molar-refractivity contribution >= 4 is 12.2 Å². The fraction of sp³-hybridized carbons (Fsp3) is 0.636. The maximum Gasteiger partial charge on any atom is 0.244 e. The highest BCUT2D eigenvalue weighted by Gasteiger charge is 1.93. The minimum Gasteiger partial charge on any atom is -0.353 e. The molecule has 0 rings (SSSR count). The van der Waals surface area contributed by atoms with Gasteiger partial charge in [0.1, 0.15) is 6.29 Å². The lowest BCUT2D eigenvalue weighted by molar-refractivity contribution is -0.116. The molecule has 3 nitrogen and oxygen atoms in total. The molecule has 0 saturated heterocycles. The summed E-state index contributed by atoms with van der Waals surface area (Å²) in [6, 6.07) is 0. The van der Waals surface area contributed by atoms with Crippen molar-refractivity contribution in [3.05, 3.63) is 12.2 Å². The van der Waals surface area contributed by atoms with Crippen LogP contribution in [0.2, 0.25) is 0 Å². The van der Waals surface area contributed by atoms with E-state index in [-0.39, 0.29) is 5.91 Å². The lowest BCUT2D eigenvalue weighted by Gasteiger charge is -2.01.